The van der Waals surface area contributed by atoms with E-state index >= 15 is 0 Å². The fourth-order valence-electron chi connectivity index (χ4n) is 3.13. The number of methoxy groups -OCH3 is 1. The minimum atomic E-state index is -0.710. The molecule has 0 radical (unpaired) electrons. The topological polar surface area (TPSA) is 101 Å². The number of pyridine rings is 1. The number of aromatic nitrogens is 1. The summed E-state index contributed by atoms with van der Waals surface area (Å²) in [6.45, 7) is 0.938. The van der Waals surface area contributed by atoms with E-state index in [2.05, 4.69) is 20.4 Å². The molecular weight excluding hydrogens is 404 g/mol. The van der Waals surface area contributed by atoms with E-state index in [-0.39, 0.29) is 24.8 Å². The van der Waals surface area contributed by atoms with Crippen LogP contribution in [0.3, 0.4) is 0 Å². The monoisotopic (exact) mass is 428 g/mol. The Kier molecular flexibility index (Phi) is 7.81. The van der Waals surface area contributed by atoms with Gasteiger partial charge in [-0.2, -0.15) is 0 Å². The van der Waals surface area contributed by atoms with Crippen molar-refractivity contribution >= 4 is 35.2 Å². The Morgan fingerprint density at radius 1 is 1.30 bits per heavy atom. The number of thioether (sulfide) groups is 1. The van der Waals surface area contributed by atoms with Gasteiger partial charge in [-0.15, -0.1) is 11.8 Å². The smallest absolute Gasteiger partial charge is 0.307 e. The number of carbonyl (C=O) groups is 3. The first-order valence-electron chi connectivity index (χ1n) is 9.56. The highest BCUT2D eigenvalue weighted by atomic mass is 32.2. The molecule has 3 rings (SSSR count). The van der Waals surface area contributed by atoms with Crippen LogP contribution >= 0.6 is 11.8 Å². The van der Waals surface area contributed by atoms with E-state index in [1.165, 1.54) is 7.11 Å². The normalized spacial score (nSPS) is 16.6. The summed E-state index contributed by atoms with van der Waals surface area (Å²) in [5.74, 6) is -0.267. The Morgan fingerprint density at radius 2 is 2.17 bits per heavy atom. The molecule has 1 unspecified atom stereocenters. The van der Waals surface area contributed by atoms with Gasteiger partial charge in [-0.25, -0.2) is 4.98 Å². The number of hydrogen-bond acceptors (Lipinski definition) is 7. The molecule has 1 aliphatic heterocycles. The summed E-state index contributed by atoms with van der Waals surface area (Å²) in [6, 6.07) is 12.7. The first-order valence-corrected chi connectivity index (χ1v) is 10.5. The molecular formula is C21H24N4O4S. The molecule has 2 heterocycles. The Hall–Kier alpha value is -2.91. The summed E-state index contributed by atoms with van der Waals surface area (Å²) in [6.07, 6.45) is 1.67. The van der Waals surface area contributed by atoms with Crippen LogP contribution in [-0.2, 0) is 24.9 Å². The highest BCUT2D eigenvalue weighted by Gasteiger charge is 2.33. The predicted octanol–water partition coefficient (Wildman–Crippen LogP) is 1.68. The van der Waals surface area contributed by atoms with Gasteiger partial charge < -0.3 is 15.4 Å². The van der Waals surface area contributed by atoms with Crippen LogP contribution in [0.5, 0.6) is 0 Å². The lowest BCUT2D eigenvalue weighted by atomic mass is 10.1. The maximum Gasteiger partial charge on any atom is 0.307 e. The fraction of sp³-hybridized carbons (Fsp3) is 0.333. The number of esters is 1. The number of ether oxygens (including phenoxy) is 1. The van der Waals surface area contributed by atoms with Crippen LogP contribution < -0.4 is 10.6 Å². The lowest BCUT2D eigenvalue weighted by Gasteiger charge is -2.33. The molecule has 2 aromatic rings. The van der Waals surface area contributed by atoms with E-state index in [9.17, 15) is 14.4 Å². The summed E-state index contributed by atoms with van der Waals surface area (Å²) in [5.41, 5.74) is 1.74. The van der Waals surface area contributed by atoms with Gasteiger partial charge in [0.1, 0.15) is 6.04 Å². The number of piperazine rings is 1. The van der Waals surface area contributed by atoms with Gasteiger partial charge in [-0.05, 0) is 29.8 Å². The zero-order chi connectivity index (χ0) is 21.3. The number of rotatable bonds is 8. The van der Waals surface area contributed by atoms with Crippen molar-refractivity contribution in [2.75, 3.05) is 32.1 Å². The first kappa shape index (κ1) is 21.8. The number of amides is 2. The van der Waals surface area contributed by atoms with Crippen molar-refractivity contribution < 1.29 is 19.1 Å². The molecule has 1 aliphatic rings. The number of carbonyl (C=O) groups excluding carboxylic acids is 3. The minimum Gasteiger partial charge on any atom is -0.469 e. The molecule has 9 heteroatoms. The average Bonchev–Trinajstić information content (AvgIpc) is 2.75. The molecule has 1 aromatic heterocycles. The van der Waals surface area contributed by atoms with Crippen LogP contribution in [0.2, 0.25) is 0 Å². The summed E-state index contributed by atoms with van der Waals surface area (Å²) >= 11 is 1.62. The molecule has 1 atom stereocenters. The number of benzene rings is 1. The Bertz CT molecular complexity index is 894. The van der Waals surface area contributed by atoms with Crippen molar-refractivity contribution in [1.29, 1.82) is 0 Å². The quantitative estimate of drug-likeness (QED) is 0.487. The summed E-state index contributed by atoms with van der Waals surface area (Å²) in [5, 5.41) is 6.54. The summed E-state index contributed by atoms with van der Waals surface area (Å²) in [7, 11) is 1.28. The third-order valence-electron chi connectivity index (χ3n) is 4.61. The summed E-state index contributed by atoms with van der Waals surface area (Å²) < 4.78 is 4.67. The second-order valence-corrected chi connectivity index (χ2v) is 7.76. The maximum atomic E-state index is 12.6. The molecule has 2 N–H and O–H groups in total. The Labute approximate surface area is 179 Å². The average molecular weight is 429 g/mol. The molecule has 1 fully saturated rings. The van der Waals surface area contributed by atoms with Gasteiger partial charge in [0.25, 0.3) is 0 Å². The zero-order valence-electron chi connectivity index (χ0n) is 16.7. The van der Waals surface area contributed by atoms with Crippen LogP contribution in [0.1, 0.15) is 12.0 Å². The Morgan fingerprint density at radius 3 is 2.93 bits per heavy atom. The molecule has 0 spiro atoms. The molecule has 2 amide bonds. The minimum absolute atomic E-state index is 0.0159. The van der Waals surface area contributed by atoms with E-state index in [0.29, 0.717) is 18.8 Å². The van der Waals surface area contributed by atoms with E-state index in [1.807, 2.05) is 42.5 Å². The standard InChI is InChI=1S/C21H24N4O4S/c1-29-20(27)12-17-21(28)23-9-10-25(17)13-18(26)24-16-6-4-5-15(11-16)14-30-19-7-2-3-8-22-19/h2-8,11,17H,9-10,12-14H2,1H3,(H,23,28)(H,24,26). The molecule has 0 aliphatic carbocycles. The third kappa shape index (κ3) is 6.30. The van der Waals surface area contributed by atoms with Gasteiger partial charge in [0.05, 0.1) is 25.1 Å². The van der Waals surface area contributed by atoms with Gasteiger partial charge in [0.2, 0.25) is 11.8 Å². The lowest BCUT2D eigenvalue weighted by Crippen LogP contribution is -2.57. The van der Waals surface area contributed by atoms with E-state index in [4.69, 9.17) is 0 Å². The molecule has 158 valence electrons. The van der Waals surface area contributed by atoms with E-state index < -0.39 is 12.0 Å². The number of nitrogens with one attached hydrogen (secondary N) is 2. The molecule has 0 saturated carbocycles. The Balaban J connectivity index is 1.57. The zero-order valence-corrected chi connectivity index (χ0v) is 17.5. The van der Waals surface area contributed by atoms with Crippen molar-refractivity contribution in [3.05, 3.63) is 54.2 Å². The molecule has 1 aromatic carbocycles. The van der Waals surface area contributed by atoms with E-state index in [0.717, 1.165) is 16.3 Å². The SMILES string of the molecule is COC(=O)CC1C(=O)NCCN1CC(=O)Nc1cccc(CSc2ccccn2)c1. The highest BCUT2D eigenvalue weighted by molar-refractivity contribution is 7.98. The van der Waals surface area contributed by atoms with Crippen molar-refractivity contribution in [3.63, 3.8) is 0 Å². The lowest BCUT2D eigenvalue weighted by molar-refractivity contribution is -0.146. The largest absolute Gasteiger partial charge is 0.469 e. The van der Waals surface area contributed by atoms with Crippen LogP contribution in [-0.4, -0.2) is 60.5 Å². The van der Waals surface area contributed by atoms with Crippen molar-refractivity contribution in [1.82, 2.24) is 15.2 Å². The van der Waals surface area contributed by atoms with E-state index in [1.54, 1.807) is 22.9 Å². The predicted molar refractivity (Wildman–Crippen MR) is 114 cm³/mol. The highest BCUT2D eigenvalue weighted by Crippen LogP contribution is 2.22. The molecule has 8 nitrogen and oxygen atoms in total. The fourth-order valence-corrected chi connectivity index (χ4v) is 3.93. The molecule has 0 bridgehead atoms. The van der Waals surface area contributed by atoms with Gasteiger partial charge >= 0.3 is 5.97 Å². The van der Waals surface area contributed by atoms with Gasteiger partial charge in [-0.3, -0.25) is 19.3 Å². The van der Waals surface area contributed by atoms with Gasteiger partial charge in [0, 0.05) is 30.7 Å². The first-order chi connectivity index (χ1) is 14.5. The number of anilines is 1. The maximum absolute atomic E-state index is 12.6. The van der Waals surface area contributed by atoms with Crippen LogP contribution in [0.25, 0.3) is 0 Å². The second-order valence-electron chi connectivity index (χ2n) is 6.76. The van der Waals surface area contributed by atoms with Gasteiger partial charge in [0.15, 0.2) is 0 Å². The second kappa shape index (κ2) is 10.7. The van der Waals surface area contributed by atoms with Crippen molar-refractivity contribution in [3.8, 4) is 0 Å². The van der Waals surface area contributed by atoms with Crippen LogP contribution in [0.4, 0.5) is 5.69 Å². The van der Waals surface area contributed by atoms with Crippen LogP contribution in [0.15, 0.2) is 53.7 Å². The van der Waals surface area contributed by atoms with Crippen molar-refractivity contribution in [2.24, 2.45) is 0 Å². The number of hydrogen-bond donors (Lipinski definition) is 2. The van der Waals surface area contributed by atoms with Gasteiger partial charge in [-0.1, -0.05) is 18.2 Å². The summed E-state index contributed by atoms with van der Waals surface area (Å²) in [4.78, 5) is 42.3. The third-order valence-corrected chi connectivity index (χ3v) is 5.63. The number of nitrogens with zero attached hydrogens (tertiary/aromatic N) is 2. The van der Waals surface area contributed by atoms with Crippen LogP contribution in [0, 0.1) is 0 Å². The van der Waals surface area contributed by atoms with Crippen molar-refractivity contribution in [2.45, 2.75) is 23.2 Å². The molecule has 30 heavy (non-hydrogen) atoms. The molecule has 1 saturated heterocycles.